The van der Waals surface area contributed by atoms with Gasteiger partial charge in [0.05, 0.1) is 23.1 Å². The van der Waals surface area contributed by atoms with Gasteiger partial charge in [-0.3, -0.25) is 9.59 Å². The average molecular weight is 398 g/mol. The highest BCUT2D eigenvalue weighted by Gasteiger charge is 2.25. The summed E-state index contributed by atoms with van der Waals surface area (Å²) in [6.45, 7) is 1.56. The van der Waals surface area contributed by atoms with Crippen LogP contribution in [0, 0.1) is 11.3 Å². The number of amides is 2. The van der Waals surface area contributed by atoms with Crippen molar-refractivity contribution < 1.29 is 18.0 Å². The Hall–Kier alpha value is -3.22. The Kier molecular flexibility index (Phi) is 5.44. The number of benzene rings is 2. The first-order valence-electron chi connectivity index (χ1n) is 8.51. The van der Waals surface area contributed by atoms with E-state index in [0.717, 1.165) is 5.56 Å². The lowest BCUT2D eigenvalue weighted by Crippen LogP contribution is -2.33. The van der Waals surface area contributed by atoms with Crippen molar-refractivity contribution in [1.82, 2.24) is 4.72 Å². The predicted molar refractivity (Wildman–Crippen MR) is 103 cm³/mol. The minimum absolute atomic E-state index is 0.0443. The van der Waals surface area contributed by atoms with Gasteiger partial charge in [0.2, 0.25) is 21.8 Å². The van der Waals surface area contributed by atoms with Crippen molar-refractivity contribution in [2.75, 3.05) is 23.3 Å². The van der Waals surface area contributed by atoms with Gasteiger partial charge < -0.3 is 10.2 Å². The number of anilines is 2. The molecular formula is C19H18N4O4S. The summed E-state index contributed by atoms with van der Waals surface area (Å²) in [5, 5.41) is 11.3. The van der Waals surface area contributed by atoms with Crippen molar-refractivity contribution in [3.63, 3.8) is 0 Å². The molecule has 9 heteroatoms. The molecule has 0 saturated carbocycles. The number of rotatable bonds is 5. The van der Waals surface area contributed by atoms with Crippen LogP contribution in [0.5, 0.6) is 0 Å². The van der Waals surface area contributed by atoms with E-state index < -0.39 is 22.5 Å². The monoisotopic (exact) mass is 398 g/mol. The molecule has 2 amide bonds. The molecule has 0 saturated heterocycles. The molecule has 1 heterocycles. The van der Waals surface area contributed by atoms with Crippen molar-refractivity contribution in [1.29, 1.82) is 5.26 Å². The summed E-state index contributed by atoms with van der Waals surface area (Å²) in [5.41, 5.74) is 2.41. The lowest BCUT2D eigenvalue weighted by molar-refractivity contribution is -0.116. The molecular weight excluding hydrogens is 380 g/mol. The van der Waals surface area contributed by atoms with Gasteiger partial charge in [-0.1, -0.05) is 0 Å². The lowest BCUT2D eigenvalue weighted by atomic mass is 10.2. The summed E-state index contributed by atoms with van der Waals surface area (Å²) < 4.78 is 27.2. The second kappa shape index (κ2) is 7.80. The van der Waals surface area contributed by atoms with Gasteiger partial charge in [-0.15, -0.1) is 0 Å². The van der Waals surface area contributed by atoms with Gasteiger partial charge >= 0.3 is 0 Å². The maximum atomic E-state index is 12.5. The third kappa shape index (κ3) is 4.19. The first-order valence-corrected chi connectivity index (χ1v) is 9.99. The van der Waals surface area contributed by atoms with E-state index in [9.17, 15) is 18.0 Å². The Balaban J connectivity index is 1.64. The van der Waals surface area contributed by atoms with E-state index in [2.05, 4.69) is 10.0 Å². The largest absolute Gasteiger partial charge is 0.325 e. The molecule has 1 aliphatic heterocycles. The molecule has 2 N–H and O–H groups in total. The molecule has 2 aromatic carbocycles. The van der Waals surface area contributed by atoms with E-state index in [-0.39, 0.29) is 10.8 Å². The fourth-order valence-corrected chi connectivity index (χ4v) is 3.98. The molecule has 144 valence electrons. The first-order chi connectivity index (χ1) is 13.3. The summed E-state index contributed by atoms with van der Waals surface area (Å²) in [5.74, 6) is -0.621. The van der Waals surface area contributed by atoms with Crippen LogP contribution in [0.15, 0.2) is 47.4 Å². The summed E-state index contributed by atoms with van der Waals surface area (Å²) in [4.78, 5) is 25.2. The van der Waals surface area contributed by atoms with Gasteiger partial charge in [-0.25, -0.2) is 13.1 Å². The van der Waals surface area contributed by atoms with Gasteiger partial charge in [-0.05, 0) is 54.4 Å². The number of hydrogen-bond acceptors (Lipinski definition) is 5. The van der Waals surface area contributed by atoms with Gasteiger partial charge in [0, 0.05) is 24.8 Å². The molecule has 0 aromatic heterocycles. The maximum absolute atomic E-state index is 12.5. The van der Waals surface area contributed by atoms with Crippen LogP contribution in [0.1, 0.15) is 18.1 Å². The number of sulfonamides is 1. The van der Waals surface area contributed by atoms with Crippen LogP contribution in [0.4, 0.5) is 11.4 Å². The highest BCUT2D eigenvalue weighted by molar-refractivity contribution is 7.89. The lowest BCUT2D eigenvalue weighted by Gasteiger charge is -2.15. The smallest absolute Gasteiger partial charge is 0.241 e. The van der Waals surface area contributed by atoms with E-state index in [1.165, 1.54) is 19.1 Å². The molecule has 0 aliphatic carbocycles. The van der Waals surface area contributed by atoms with E-state index in [1.807, 2.05) is 6.07 Å². The molecule has 0 radical (unpaired) electrons. The molecule has 0 spiro atoms. The molecule has 0 fully saturated rings. The number of nitriles is 1. The van der Waals surface area contributed by atoms with Crippen molar-refractivity contribution in [3.8, 4) is 6.07 Å². The fraction of sp³-hybridized carbons (Fsp3) is 0.211. The Morgan fingerprint density at radius 3 is 2.54 bits per heavy atom. The summed E-state index contributed by atoms with van der Waals surface area (Å²) in [6, 6.07) is 12.7. The van der Waals surface area contributed by atoms with Crippen LogP contribution in [0.2, 0.25) is 0 Å². The zero-order valence-corrected chi connectivity index (χ0v) is 15.9. The van der Waals surface area contributed by atoms with E-state index in [4.69, 9.17) is 5.26 Å². The number of nitrogens with one attached hydrogen (secondary N) is 2. The second-order valence-corrected chi connectivity index (χ2v) is 8.04. The number of carbonyl (C=O) groups is 2. The number of fused-ring (bicyclic) bond motifs is 1. The molecule has 0 unspecified atom stereocenters. The number of hydrogen-bond donors (Lipinski definition) is 2. The molecule has 3 rings (SSSR count). The van der Waals surface area contributed by atoms with Crippen molar-refractivity contribution in [2.24, 2.45) is 0 Å². The predicted octanol–water partition coefficient (Wildman–Crippen LogP) is 1.38. The van der Waals surface area contributed by atoms with E-state index >= 15 is 0 Å². The molecule has 1 aliphatic rings. The third-order valence-electron chi connectivity index (χ3n) is 4.36. The zero-order chi connectivity index (χ0) is 20.3. The minimum Gasteiger partial charge on any atom is -0.325 e. The second-order valence-electron chi connectivity index (χ2n) is 6.27. The first kappa shape index (κ1) is 19.5. The standard InChI is InChI=1S/C19H18N4O4S/c1-13(24)23-9-8-15-10-17(6-7-18(15)23)28(26,27)21-12-19(25)22-16-4-2-14(11-20)3-5-16/h2-7,10,21H,8-9,12H2,1H3,(H,22,25). The quantitative estimate of drug-likeness (QED) is 0.789. The summed E-state index contributed by atoms with van der Waals surface area (Å²) >= 11 is 0. The Morgan fingerprint density at radius 2 is 1.89 bits per heavy atom. The normalized spacial score (nSPS) is 12.9. The average Bonchev–Trinajstić information content (AvgIpc) is 3.11. The molecule has 0 atom stereocenters. The van der Waals surface area contributed by atoms with Crippen LogP contribution in [0.3, 0.4) is 0 Å². The summed E-state index contributed by atoms with van der Waals surface area (Å²) in [6.07, 6.45) is 0.581. The summed E-state index contributed by atoms with van der Waals surface area (Å²) in [7, 11) is -3.87. The van der Waals surface area contributed by atoms with Crippen LogP contribution in [0.25, 0.3) is 0 Å². The zero-order valence-electron chi connectivity index (χ0n) is 15.1. The van der Waals surface area contributed by atoms with Crippen molar-refractivity contribution >= 4 is 33.2 Å². The van der Waals surface area contributed by atoms with Gasteiger partial charge in [-0.2, -0.15) is 5.26 Å². The Morgan fingerprint density at radius 1 is 1.18 bits per heavy atom. The van der Waals surface area contributed by atoms with Crippen LogP contribution in [-0.4, -0.2) is 33.3 Å². The van der Waals surface area contributed by atoms with Gasteiger partial charge in [0.1, 0.15) is 0 Å². The number of carbonyl (C=O) groups excluding carboxylic acids is 2. The number of nitrogens with zero attached hydrogens (tertiary/aromatic N) is 2. The topological polar surface area (TPSA) is 119 Å². The van der Waals surface area contributed by atoms with Crippen LogP contribution >= 0.6 is 0 Å². The fourth-order valence-electron chi connectivity index (χ4n) is 2.95. The molecule has 2 aromatic rings. The Bertz CT molecular complexity index is 1070. The van der Waals surface area contributed by atoms with E-state index in [1.54, 1.807) is 35.2 Å². The Labute approximate surface area is 162 Å². The third-order valence-corrected chi connectivity index (χ3v) is 5.76. The van der Waals surface area contributed by atoms with Gasteiger partial charge in [0.25, 0.3) is 0 Å². The maximum Gasteiger partial charge on any atom is 0.241 e. The van der Waals surface area contributed by atoms with Crippen molar-refractivity contribution in [3.05, 3.63) is 53.6 Å². The minimum atomic E-state index is -3.87. The van der Waals surface area contributed by atoms with Crippen LogP contribution in [-0.2, 0) is 26.0 Å². The van der Waals surface area contributed by atoms with Crippen LogP contribution < -0.4 is 14.9 Å². The molecule has 0 bridgehead atoms. The highest BCUT2D eigenvalue weighted by Crippen LogP contribution is 2.30. The van der Waals surface area contributed by atoms with Crippen molar-refractivity contribution in [2.45, 2.75) is 18.2 Å². The molecule has 8 nitrogen and oxygen atoms in total. The SMILES string of the molecule is CC(=O)N1CCc2cc(S(=O)(=O)NCC(=O)Nc3ccc(C#N)cc3)ccc21. The van der Waals surface area contributed by atoms with E-state index in [0.29, 0.717) is 29.9 Å². The highest BCUT2D eigenvalue weighted by atomic mass is 32.2. The molecule has 28 heavy (non-hydrogen) atoms. The van der Waals surface area contributed by atoms with Gasteiger partial charge in [0.15, 0.2) is 0 Å².